The molecule has 0 radical (unpaired) electrons. The highest BCUT2D eigenvalue weighted by atomic mass is 19.1. The number of rotatable bonds is 4. The molecule has 1 aliphatic heterocycles. The fourth-order valence-electron chi connectivity index (χ4n) is 5.98. The summed E-state index contributed by atoms with van der Waals surface area (Å²) in [5.74, 6) is 2.11. The molecule has 0 saturated carbocycles. The Labute approximate surface area is 274 Å². The van der Waals surface area contributed by atoms with Crippen molar-refractivity contribution in [2.24, 2.45) is 0 Å². The predicted molar refractivity (Wildman–Crippen MR) is 184 cm³/mol. The molecule has 47 heavy (non-hydrogen) atoms. The van der Waals surface area contributed by atoms with Crippen LogP contribution in [0.25, 0.3) is 56.4 Å². The number of aromatic nitrogens is 3. The molecule has 0 N–H and O–H groups in total. The topological polar surface area (TPSA) is 71.7 Å². The summed E-state index contributed by atoms with van der Waals surface area (Å²) in [6.07, 6.45) is 0. The minimum absolute atomic E-state index is 0.000768. The maximum Gasteiger partial charge on any atom is 0.164 e. The van der Waals surface area contributed by atoms with Crippen molar-refractivity contribution >= 4 is 0 Å². The molecule has 5 aromatic carbocycles. The fourth-order valence-corrected chi connectivity index (χ4v) is 5.98. The number of hydrogen-bond acceptors (Lipinski definition) is 5. The van der Waals surface area contributed by atoms with Crippen LogP contribution in [0.3, 0.4) is 0 Å². The third kappa shape index (κ3) is 5.77. The molecule has 5 nitrogen and oxygen atoms in total. The first-order chi connectivity index (χ1) is 22.5. The summed E-state index contributed by atoms with van der Waals surface area (Å²) in [7, 11) is 0. The van der Waals surface area contributed by atoms with Crippen LogP contribution in [0.4, 0.5) is 4.39 Å². The monoisotopic (exact) mass is 616 g/mol. The van der Waals surface area contributed by atoms with Gasteiger partial charge in [0.15, 0.2) is 17.5 Å². The van der Waals surface area contributed by atoms with Gasteiger partial charge < -0.3 is 4.74 Å². The minimum atomic E-state index is -0.586. The summed E-state index contributed by atoms with van der Waals surface area (Å²) in [4.78, 5) is 14.8. The first-order valence-electron chi connectivity index (χ1n) is 15.6. The van der Waals surface area contributed by atoms with Crippen LogP contribution in [0.5, 0.6) is 5.75 Å². The van der Waals surface area contributed by atoms with Gasteiger partial charge in [-0.25, -0.2) is 19.3 Å². The lowest BCUT2D eigenvalue weighted by Gasteiger charge is -2.36. The number of fused-ring (bicyclic) bond motifs is 3. The number of hydrogen-bond donors (Lipinski definition) is 0. The highest BCUT2D eigenvalue weighted by molar-refractivity contribution is 5.80. The van der Waals surface area contributed by atoms with Crippen molar-refractivity contribution in [1.29, 1.82) is 5.26 Å². The summed E-state index contributed by atoms with van der Waals surface area (Å²) in [6, 6.07) is 36.5. The van der Waals surface area contributed by atoms with Crippen molar-refractivity contribution in [2.75, 3.05) is 0 Å². The number of benzene rings is 5. The van der Waals surface area contributed by atoms with Gasteiger partial charge in [0.1, 0.15) is 17.2 Å². The van der Waals surface area contributed by atoms with Crippen LogP contribution in [0.15, 0.2) is 109 Å². The van der Waals surface area contributed by atoms with Crippen LogP contribution in [0, 0.1) is 17.1 Å². The Kier molecular flexibility index (Phi) is 7.21. The molecule has 0 spiro atoms. The van der Waals surface area contributed by atoms with E-state index in [1.807, 2.05) is 36.4 Å². The van der Waals surface area contributed by atoms with Gasteiger partial charge in [-0.15, -0.1) is 0 Å². The van der Waals surface area contributed by atoms with E-state index in [0.29, 0.717) is 23.0 Å². The van der Waals surface area contributed by atoms with Crippen LogP contribution in [0.2, 0.25) is 0 Å². The Morgan fingerprint density at radius 2 is 1.23 bits per heavy atom. The van der Waals surface area contributed by atoms with E-state index in [-0.39, 0.29) is 11.2 Å². The maximum atomic E-state index is 13.6. The van der Waals surface area contributed by atoms with Gasteiger partial charge in [0, 0.05) is 27.8 Å². The van der Waals surface area contributed by atoms with Crippen molar-refractivity contribution in [3.63, 3.8) is 0 Å². The summed E-state index contributed by atoms with van der Waals surface area (Å²) in [6.45, 7) is 10.8. The Morgan fingerprint density at radius 1 is 0.638 bits per heavy atom. The average molecular weight is 617 g/mol. The van der Waals surface area contributed by atoms with Crippen molar-refractivity contribution in [2.45, 2.75) is 45.6 Å². The van der Waals surface area contributed by atoms with E-state index in [2.05, 4.69) is 77.1 Å². The summed E-state index contributed by atoms with van der Waals surface area (Å²) < 4.78 is 20.2. The molecule has 230 valence electrons. The molecule has 0 atom stereocenters. The first kappa shape index (κ1) is 30.0. The summed E-state index contributed by atoms with van der Waals surface area (Å²) in [5.41, 5.74) is 8.68. The predicted octanol–water partition coefficient (Wildman–Crippen LogP) is 10.1. The van der Waals surface area contributed by atoms with E-state index in [1.54, 1.807) is 24.3 Å². The van der Waals surface area contributed by atoms with Crippen LogP contribution in [0.1, 0.15) is 51.3 Å². The lowest BCUT2D eigenvalue weighted by Crippen LogP contribution is -2.29. The molecule has 0 unspecified atom stereocenters. The van der Waals surface area contributed by atoms with Gasteiger partial charge in [-0.05, 0) is 102 Å². The van der Waals surface area contributed by atoms with Crippen LogP contribution < -0.4 is 4.74 Å². The van der Waals surface area contributed by atoms with E-state index in [0.717, 1.165) is 50.3 Å². The van der Waals surface area contributed by atoms with Crippen LogP contribution in [-0.2, 0) is 11.0 Å². The van der Waals surface area contributed by atoms with E-state index in [1.165, 1.54) is 17.7 Å². The third-order valence-corrected chi connectivity index (χ3v) is 8.63. The van der Waals surface area contributed by atoms with Gasteiger partial charge in [-0.2, -0.15) is 5.26 Å². The standard InChI is InChI=1S/C41H33FN4O/c1-40(2,3)31-16-20-36-34(23-31)33-19-15-30(22-35(33)41(4,5)47-36)39-45-37(27-11-9-25(24-43)10-12-27)44-38(46-39)29-8-6-7-28(21-29)26-13-17-32(42)18-14-26/h6-23H,1-5H3. The molecule has 6 heteroatoms. The second kappa shape index (κ2) is 11.3. The first-order valence-corrected chi connectivity index (χ1v) is 15.6. The van der Waals surface area contributed by atoms with E-state index < -0.39 is 5.60 Å². The molecular weight excluding hydrogens is 583 g/mol. The van der Waals surface area contributed by atoms with Crippen molar-refractivity contribution in [3.05, 3.63) is 132 Å². The molecule has 7 rings (SSSR count). The SMILES string of the molecule is CC(C)(C)c1ccc2c(c1)-c1ccc(-c3nc(-c4ccc(C#N)cc4)nc(-c4cccc(-c5ccc(F)cc5)c4)n3)cc1C(C)(C)O2. The van der Waals surface area contributed by atoms with Gasteiger partial charge in [0.25, 0.3) is 0 Å². The Balaban J connectivity index is 1.38. The highest BCUT2D eigenvalue weighted by Crippen LogP contribution is 2.47. The molecule has 0 fully saturated rings. The molecule has 6 aromatic rings. The molecular formula is C41H33FN4O. The number of nitriles is 1. The van der Waals surface area contributed by atoms with E-state index in [9.17, 15) is 9.65 Å². The zero-order chi connectivity index (χ0) is 32.9. The molecule has 2 heterocycles. The molecule has 0 bridgehead atoms. The molecule has 0 aliphatic carbocycles. The minimum Gasteiger partial charge on any atom is -0.482 e. The number of halogens is 1. The van der Waals surface area contributed by atoms with Gasteiger partial charge >= 0.3 is 0 Å². The molecule has 0 saturated heterocycles. The average Bonchev–Trinajstić information content (AvgIpc) is 3.07. The van der Waals surface area contributed by atoms with Gasteiger partial charge in [-0.3, -0.25) is 0 Å². The van der Waals surface area contributed by atoms with E-state index >= 15 is 0 Å². The zero-order valence-corrected chi connectivity index (χ0v) is 27.0. The zero-order valence-electron chi connectivity index (χ0n) is 27.0. The summed E-state index contributed by atoms with van der Waals surface area (Å²) >= 11 is 0. The van der Waals surface area contributed by atoms with Gasteiger partial charge in [0.05, 0.1) is 11.6 Å². The second-order valence-corrected chi connectivity index (χ2v) is 13.4. The summed E-state index contributed by atoms with van der Waals surface area (Å²) in [5, 5.41) is 9.35. The number of nitrogens with zero attached hydrogens (tertiary/aromatic N) is 4. The lowest BCUT2D eigenvalue weighted by molar-refractivity contribution is 0.106. The second-order valence-electron chi connectivity index (χ2n) is 13.4. The fraction of sp³-hybridized carbons (Fsp3) is 0.171. The largest absolute Gasteiger partial charge is 0.482 e. The van der Waals surface area contributed by atoms with Crippen molar-refractivity contribution < 1.29 is 9.13 Å². The number of ether oxygens (including phenoxy) is 1. The molecule has 1 aliphatic rings. The Morgan fingerprint density at radius 3 is 1.89 bits per heavy atom. The maximum absolute atomic E-state index is 13.6. The quantitative estimate of drug-likeness (QED) is 0.197. The smallest absolute Gasteiger partial charge is 0.164 e. The molecule has 1 aromatic heterocycles. The Hall–Kier alpha value is -5.67. The van der Waals surface area contributed by atoms with Gasteiger partial charge in [0.2, 0.25) is 0 Å². The van der Waals surface area contributed by atoms with E-state index in [4.69, 9.17) is 19.7 Å². The van der Waals surface area contributed by atoms with Crippen LogP contribution >= 0.6 is 0 Å². The third-order valence-electron chi connectivity index (χ3n) is 8.63. The molecule has 0 amide bonds. The van der Waals surface area contributed by atoms with Crippen molar-refractivity contribution in [3.8, 4) is 68.2 Å². The highest BCUT2D eigenvalue weighted by Gasteiger charge is 2.34. The van der Waals surface area contributed by atoms with Gasteiger partial charge in [-0.1, -0.05) is 69.3 Å². The van der Waals surface area contributed by atoms with Crippen LogP contribution in [-0.4, -0.2) is 15.0 Å². The van der Waals surface area contributed by atoms with Crippen molar-refractivity contribution in [1.82, 2.24) is 15.0 Å². The lowest BCUT2D eigenvalue weighted by atomic mass is 9.81. The Bertz CT molecular complexity index is 2190. The normalized spacial score (nSPS) is 13.2.